The minimum absolute atomic E-state index is 0.380. The van der Waals surface area contributed by atoms with Gasteiger partial charge in [-0.3, -0.25) is 0 Å². The average Bonchev–Trinajstić information content (AvgIpc) is 3.01. The molecule has 1 atom stereocenters. The first kappa shape index (κ1) is 15.4. The highest BCUT2D eigenvalue weighted by Gasteiger charge is 2.26. The second-order valence-corrected chi connectivity index (χ2v) is 6.42. The number of hydrogen-bond donors (Lipinski definition) is 2. The van der Waals surface area contributed by atoms with E-state index in [4.69, 9.17) is 11.5 Å². The van der Waals surface area contributed by atoms with Gasteiger partial charge in [-0.1, -0.05) is 66.7 Å². The largest absolute Gasteiger partial charge is 0.382 e. The van der Waals surface area contributed by atoms with Crippen LogP contribution in [-0.2, 0) is 0 Å². The molecule has 1 unspecified atom stereocenters. The maximum absolute atomic E-state index is 6.04. The van der Waals surface area contributed by atoms with Gasteiger partial charge in [0.2, 0.25) is 0 Å². The molecule has 25 heavy (non-hydrogen) atoms. The second kappa shape index (κ2) is 6.40. The summed E-state index contributed by atoms with van der Waals surface area (Å²) >= 11 is 0. The second-order valence-electron chi connectivity index (χ2n) is 6.42. The van der Waals surface area contributed by atoms with Crippen molar-refractivity contribution < 1.29 is 0 Å². The highest BCUT2D eigenvalue weighted by atomic mass is 15.3. The highest BCUT2D eigenvalue weighted by Crippen LogP contribution is 2.40. The third-order valence-electron chi connectivity index (χ3n) is 4.80. The molecule has 4 nitrogen and oxygen atoms in total. The Kier molecular flexibility index (Phi) is 3.94. The zero-order valence-corrected chi connectivity index (χ0v) is 13.9. The number of benzene rings is 2. The highest BCUT2D eigenvalue weighted by molar-refractivity contribution is 6.25. The van der Waals surface area contributed by atoms with Gasteiger partial charge in [0.15, 0.2) is 11.7 Å². The molecule has 2 aliphatic rings. The van der Waals surface area contributed by atoms with Crippen LogP contribution in [0.3, 0.4) is 0 Å². The van der Waals surface area contributed by atoms with Crippen LogP contribution >= 0.6 is 0 Å². The number of hydrogen-bond acceptors (Lipinski definition) is 4. The van der Waals surface area contributed by atoms with Gasteiger partial charge < -0.3 is 11.5 Å². The molecule has 1 aliphatic heterocycles. The number of allylic oxidation sites excluding steroid dienone is 3. The third-order valence-corrected chi connectivity index (χ3v) is 4.80. The zero-order valence-electron chi connectivity index (χ0n) is 13.9. The molecule has 1 aliphatic carbocycles. The van der Waals surface area contributed by atoms with E-state index >= 15 is 0 Å². The van der Waals surface area contributed by atoms with Crippen LogP contribution in [0.4, 0.5) is 0 Å². The fourth-order valence-electron chi connectivity index (χ4n) is 3.59. The van der Waals surface area contributed by atoms with Gasteiger partial charge in [0.1, 0.15) is 0 Å². The molecule has 124 valence electrons. The molecule has 2 aromatic carbocycles. The molecule has 1 heterocycles. The molecule has 4 heteroatoms. The molecule has 0 spiro atoms. The summed E-state index contributed by atoms with van der Waals surface area (Å²) in [7, 11) is 0. The van der Waals surface area contributed by atoms with Crippen LogP contribution in [-0.4, -0.2) is 11.7 Å². The fraction of sp³-hybridized carbons (Fsp3) is 0.143. The Bertz CT molecular complexity index is 885. The molecule has 0 aromatic heterocycles. The monoisotopic (exact) mass is 328 g/mol. The Morgan fingerprint density at radius 3 is 2.00 bits per heavy atom. The van der Waals surface area contributed by atoms with Crippen LogP contribution in [0.25, 0.3) is 5.57 Å². The van der Waals surface area contributed by atoms with Crippen molar-refractivity contribution in [3.8, 4) is 0 Å². The zero-order chi connectivity index (χ0) is 17.2. The summed E-state index contributed by atoms with van der Waals surface area (Å²) in [6.07, 6.45) is 4.07. The van der Waals surface area contributed by atoms with E-state index in [1.54, 1.807) is 0 Å². The molecule has 4 N–H and O–H groups in total. The van der Waals surface area contributed by atoms with Crippen molar-refractivity contribution in [3.63, 3.8) is 0 Å². The number of nitrogens with zero attached hydrogens (tertiary/aromatic N) is 2. The number of amidine groups is 2. The summed E-state index contributed by atoms with van der Waals surface area (Å²) in [4.78, 5) is 0. The average molecular weight is 328 g/mol. The smallest absolute Gasteiger partial charge is 0.157 e. The van der Waals surface area contributed by atoms with E-state index in [1.165, 1.54) is 16.7 Å². The van der Waals surface area contributed by atoms with Crippen LogP contribution in [0.5, 0.6) is 0 Å². The van der Waals surface area contributed by atoms with Crippen molar-refractivity contribution in [1.82, 2.24) is 0 Å². The lowest BCUT2D eigenvalue weighted by Gasteiger charge is -2.26. The van der Waals surface area contributed by atoms with E-state index in [0.29, 0.717) is 17.6 Å². The molecule has 0 radical (unpaired) electrons. The third kappa shape index (κ3) is 2.98. The van der Waals surface area contributed by atoms with Gasteiger partial charge in [0.25, 0.3) is 0 Å². The Balaban J connectivity index is 1.82. The van der Waals surface area contributed by atoms with E-state index in [1.807, 2.05) is 12.1 Å². The summed E-state index contributed by atoms with van der Waals surface area (Å²) in [5.41, 5.74) is 17.8. The van der Waals surface area contributed by atoms with E-state index in [9.17, 15) is 0 Å². The molecule has 0 bridgehead atoms. The van der Waals surface area contributed by atoms with Gasteiger partial charge in [-0.25, -0.2) is 0 Å². The first-order valence-corrected chi connectivity index (χ1v) is 8.44. The first-order chi connectivity index (χ1) is 12.2. The Morgan fingerprint density at radius 1 is 0.760 bits per heavy atom. The van der Waals surface area contributed by atoms with Gasteiger partial charge in [-0.2, -0.15) is 0 Å². The van der Waals surface area contributed by atoms with Crippen molar-refractivity contribution in [2.75, 3.05) is 0 Å². The fourth-order valence-corrected chi connectivity index (χ4v) is 3.59. The standard InChI is InChI=1S/C21H20N4/c22-20-19(21(23)25-24-20)18-12-16(14-7-3-1-4-8-14)11-17(13-18)15-9-5-2-6-10-15/h1-10,12,17H,11,13H2,(H2,22,24)(H2,23,25). The minimum atomic E-state index is 0.380. The summed E-state index contributed by atoms with van der Waals surface area (Å²) in [6.45, 7) is 0. The lowest BCUT2D eigenvalue weighted by Crippen LogP contribution is -2.25. The van der Waals surface area contributed by atoms with E-state index in [0.717, 1.165) is 24.0 Å². The predicted molar refractivity (Wildman–Crippen MR) is 103 cm³/mol. The van der Waals surface area contributed by atoms with Gasteiger partial charge in [-0.15, -0.1) is 10.2 Å². The van der Waals surface area contributed by atoms with Gasteiger partial charge in [-0.05, 0) is 41.0 Å². The summed E-state index contributed by atoms with van der Waals surface area (Å²) in [6, 6.07) is 21.0. The van der Waals surface area contributed by atoms with Crippen molar-refractivity contribution in [2.24, 2.45) is 21.7 Å². The Hall–Kier alpha value is -3.14. The van der Waals surface area contributed by atoms with Crippen molar-refractivity contribution in [1.29, 1.82) is 0 Å². The maximum atomic E-state index is 6.04. The Labute approximate surface area is 147 Å². The van der Waals surface area contributed by atoms with E-state index in [2.05, 4.69) is 64.8 Å². The van der Waals surface area contributed by atoms with Crippen molar-refractivity contribution in [3.05, 3.63) is 89.0 Å². The molecular formula is C21H20N4. The van der Waals surface area contributed by atoms with Crippen molar-refractivity contribution >= 4 is 17.2 Å². The van der Waals surface area contributed by atoms with Crippen LogP contribution in [0, 0.1) is 0 Å². The summed E-state index contributed by atoms with van der Waals surface area (Å²) in [5, 5.41) is 7.88. The van der Waals surface area contributed by atoms with Gasteiger partial charge in [0, 0.05) is 0 Å². The lowest BCUT2D eigenvalue weighted by atomic mass is 9.78. The van der Waals surface area contributed by atoms with Gasteiger partial charge >= 0.3 is 0 Å². The Morgan fingerprint density at radius 2 is 1.36 bits per heavy atom. The van der Waals surface area contributed by atoms with E-state index < -0.39 is 0 Å². The molecule has 2 aromatic rings. The molecule has 0 amide bonds. The summed E-state index contributed by atoms with van der Waals surface area (Å²) in [5.74, 6) is 1.19. The molecule has 4 rings (SSSR count). The molecule has 0 fully saturated rings. The summed E-state index contributed by atoms with van der Waals surface area (Å²) < 4.78 is 0. The van der Waals surface area contributed by atoms with E-state index in [-0.39, 0.29) is 0 Å². The lowest BCUT2D eigenvalue weighted by molar-refractivity contribution is 0.691. The van der Waals surface area contributed by atoms with Crippen LogP contribution in [0.2, 0.25) is 0 Å². The predicted octanol–water partition coefficient (Wildman–Crippen LogP) is 3.59. The topological polar surface area (TPSA) is 76.8 Å². The van der Waals surface area contributed by atoms with Crippen molar-refractivity contribution in [2.45, 2.75) is 18.8 Å². The van der Waals surface area contributed by atoms with Crippen LogP contribution in [0.15, 0.2) is 88.1 Å². The van der Waals surface area contributed by atoms with Gasteiger partial charge in [0.05, 0.1) is 5.57 Å². The quantitative estimate of drug-likeness (QED) is 0.884. The molecule has 0 saturated carbocycles. The molecular weight excluding hydrogens is 308 g/mol. The van der Waals surface area contributed by atoms with Crippen LogP contribution < -0.4 is 11.5 Å². The van der Waals surface area contributed by atoms with Crippen LogP contribution in [0.1, 0.15) is 29.9 Å². The normalized spacial score (nSPS) is 20.2. The first-order valence-electron chi connectivity index (χ1n) is 8.44. The number of rotatable bonds is 2. The maximum Gasteiger partial charge on any atom is 0.157 e. The minimum Gasteiger partial charge on any atom is -0.382 e. The number of nitrogens with two attached hydrogens (primary N) is 2. The SMILES string of the molecule is NC1=NN=C(N)C1=C1C=C(c2ccccc2)CC(c2ccccc2)C1. The molecule has 0 saturated heterocycles.